The van der Waals surface area contributed by atoms with E-state index in [0.29, 0.717) is 23.8 Å². The number of likely N-dealkylation sites (tertiary alicyclic amines) is 1. The summed E-state index contributed by atoms with van der Waals surface area (Å²) in [4.78, 5) is 6.94. The molecule has 0 N–H and O–H groups in total. The van der Waals surface area contributed by atoms with Crippen molar-refractivity contribution >= 4 is 23.4 Å². The largest absolute Gasteiger partial charge is 0.367 e. The van der Waals surface area contributed by atoms with E-state index >= 15 is 0 Å². The van der Waals surface area contributed by atoms with E-state index in [2.05, 4.69) is 15.0 Å². The van der Waals surface area contributed by atoms with Gasteiger partial charge in [-0.1, -0.05) is 17.7 Å². The van der Waals surface area contributed by atoms with Gasteiger partial charge in [0.05, 0.1) is 33.4 Å². The fourth-order valence-electron chi connectivity index (χ4n) is 5.51. The van der Waals surface area contributed by atoms with Crippen molar-refractivity contribution < 1.29 is 13.5 Å². The number of piperidine rings is 1. The maximum atomic E-state index is 14.5. The van der Waals surface area contributed by atoms with Gasteiger partial charge in [-0.25, -0.2) is 18.4 Å². The number of alkyl halides is 2. The fourth-order valence-corrected chi connectivity index (χ4v) is 7.34. The van der Waals surface area contributed by atoms with Gasteiger partial charge in [0, 0.05) is 55.5 Å². The van der Waals surface area contributed by atoms with Crippen LogP contribution in [0.15, 0.2) is 53.4 Å². The van der Waals surface area contributed by atoms with E-state index in [0.717, 1.165) is 42.3 Å². The highest BCUT2D eigenvalue weighted by molar-refractivity contribution is 8.05. The Morgan fingerprint density at radius 1 is 1.17 bits per heavy atom. The Balaban J connectivity index is 1.15. The minimum absolute atomic E-state index is 0.335. The minimum Gasteiger partial charge on any atom is -0.367 e. The number of hydrogen-bond donors (Lipinski definition) is 0. The Morgan fingerprint density at radius 2 is 2.00 bits per heavy atom. The third-order valence-electron chi connectivity index (χ3n) is 7.51. The van der Waals surface area contributed by atoms with Gasteiger partial charge in [0.1, 0.15) is 6.61 Å². The molecule has 1 spiro atoms. The van der Waals surface area contributed by atoms with Crippen molar-refractivity contribution in [2.24, 2.45) is 5.92 Å². The number of halogens is 3. The highest BCUT2D eigenvalue weighted by Gasteiger charge is 2.60. The predicted octanol–water partition coefficient (Wildman–Crippen LogP) is 4.63. The van der Waals surface area contributed by atoms with Crippen molar-refractivity contribution in [2.75, 3.05) is 19.7 Å². The minimum atomic E-state index is -2.87. The molecule has 0 radical (unpaired) electrons. The normalized spacial score (nSPS) is 25.2. The van der Waals surface area contributed by atoms with Gasteiger partial charge in [-0.05, 0) is 38.0 Å². The smallest absolute Gasteiger partial charge is 0.278 e. The van der Waals surface area contributed by atoms with Crippen molar-refractivity contribution in [2.45, 2.75) is 49.6 Å². The number of fused-ring (bicyclic) bond motifs is 2. The molecule has 3 aliphatic heterocycles. The maximum absolute atomic E-state index is 14.5. The second-order valence-corrected chi connectivity index (χ2v) is 11.6. The van der Waals surface area contributed by atoms with Crippen LogP contribution in [0.3, 0.4) is 0 Å². The Kier molecular flexibility index (Phi) is 6.18. The standard InChI is InChI=1S/C25H27ClF2N6OS/c1-17-19(15-34(31-17)23-18(4-2-7-29-23)14-33-9-3-8-30-33)13-32-10-5-24(6-11-32)22-20(12-21(26)36-22)25(27,28)16-35-24/h2-4,7-9,12,15,20,22H,5-6,10-11,13-14,16H2,1H3. The number of thioether (sulfide) groups is 1. The van der Waals surface area contributed by atoms with Crippen LogP contribution in [-0.2, 0) is 17.8 Å². The first-order valence-corrected chi connectivity index (χ1v) is 13.3. The summed E-state index contributed by atoms with van der Waals surface area (Å²) in [6, 6.07) is 5.85. The first-order valence-electron chi connectivity index (χ1n) is 12.1. The second kappa shape index (κ2) is 9.24. The van der Waals surface area contributed by atoms with Crippen molar-refractivity contribution in [3.63, 3.8) is 0 Å². The lowest BCUT2D eigenvalue weighted by atomic mass is 9.77. The molecular weight excluding hydrogens is 506 g/mol. The molecule has 3 aromatic rings. The van der Waals surface area contributed by atoms with Crippen LogP contribution in [-0.4, -0.2) is 65.9 Å². The number of ether oxygens (including phenoxy) is 1. The molecule has 3 aromatic heterocycles. The summed E-state index contributed by atoms with van der Waals surface area (Å²) >= 11 is 7.52. The average Bonchev–Trinajstić information content (AvgIpc) is 3.60. The molecule has 6 rings (SSSR count). The van der Waals surface area contributed by atoms with E-state index in [1.807, 2.05) is 46.9 Å². The lowest BCUT2D eigenvalue weighted by Gasteiger charge is -2.51. The molecule has 7 nitrogen and oxygen atoms in total. The first-order chi connectivity index (χ1) is 17.3. The highest BCUT2D eigenvalue weighted by atomic mass is 35.5. The maximum Gasteiger partial charge on any atom is 0.278 e. The van der Waals surface area contributed by atoms with Crippen LogP contribution < -0.4 is 0 Å². The molecule has 0 aliphatic carbocycles. The van der Waals surface area contributed by atoms with Crippen LogP contribution in [0.1, 0.15) is 29.7 Å². The molecule has 190 valence electrons. The molecule has 2 unspecified atom stereocenters. The summed E-state index contributed by atoms with van der Waals surface area (Å²) in [5.74, 6) is -2.94. The van der Waals surface area contributed by atoms with Crippen LogP contribution in [0.2, 0.25) is 0 Å². The van der Waals surface area contributed by atoms with Gasteiger partial charge in [0.25, 0.3) is 5.92 Å². The van der Waals surface area contributed by atoms with E-state index < -0.39 is 24.0 Å². The Bertz CT molecular complexity index is 1270. The Hall–Kier alpha value is -2.27. The Morgan fingerprint density at radius 3 is 2.78 bits per heavy atom. The third-order valence-corrected chi connectivity index (χ3v) is 9.24. The molecule has 0 saturated carbocycles. The average molecular weight is 533 g/mol. The lowest BCUT2D eigenvalue weighted by Crippen LogP contribution is -2.61. The summed E-state index contributed by atoms with van der Waals surface area (Å²) in [6.45, 7) is 4.35. The van der Waals surface area contributed by atoms with Gasteiger partial charge in [0.15, 0.2) is 5.82 Å². The number of aromatic nitrogens is 5. The van der Waals surface area contributed by atoms with Crippen LogP contribution in [0.4, 0.5) is 8.78 Å². The van der Waals surface area contributed by atoms with Crippen molar-refractivity contribution in [1.29, 1.82) is 0 Å². The molecule has 0 aromatic carbocycles. The van der Waals surface area contributed by atoms with E-state index in [4.69, 9.17) is 21.4 Å². The summed E-state index contributed by atoms with van der Waals surface area (Å²) in [5, 5.41) is 8.72. The summed E-state index contributed by atoms with van der Waals surface area (Å²) < 4.78 is 39.0. The van der Waals surface area contributed by atoms with Crippen molar-refractivity contribution in [3.8, 4) is 5.82 Å². The SMILES string of the molecule is Cc1nn(-c2ncccc2Cn2cccn2)cc1CN1CCC2(CC1)OCC(F)(F)C1C=C(Cl)SC12. The molecular formula is C25H27ClF2N6OS. The van der Waals surface area contributed by atoms with Crippen LogP contribution in [0, 0.1) is 12.8 Å². The second-order valence-electron chi connectivity index (χ2n) is 9.80. The monoisotopic (exact) mass is 532 g/mol. The summed E-state index contributed by atoms with van der Waals surface area (Å²) in [7, 11) is 0. The third kappa shape index (κ3) is 4.38. The number of pyridine rings is 1. The Labute approximate surface area is 217 Å². The molecule has 11 heteroatoms. The zero-order valence-corrected chi connectivity index (χ0v) is 21.4. The highest BCUT2D eigenvalue weighted by Crippen LogP contribution is 2.56. The van der Waals surface area contributed by atoms with Gasteiger partial charge in [-0.2, -0.15) is 10.2 Å². The molecule has 2 atom stereocenters. The van der Waals surface area contributed by atoms with Gasteiger partial charge in [-0.15, -0.1) is 11.8 Å². The van der Waals surface area contributed by atoms with Crippen LogP contribution in [0.25, 0.3) is 5.82 Å². The van der Waals surface area contributed by atoms with Crippen LogP contribution in [0.5, 0.6) is 0 Å². The van der Waals surface area contributed by atoms with Gasteiger partial charge >= 0.3 is 0 Å². The lowest BCUT2D eigenvalue weighted by molar-refractivity contribution is -0.215. The first kappa shape index (κ1) is 24.1. The fraction of sp³-hybridized carbons (Fsp3) is 0.480. The zero-order valence-electron chi connectivity index (χ0n) is 19.9. The molecule has 0 bridgehead atoms. The quantitative estimate of drug-likeness (QED) is 0.477. The van der Waals surface area contributed by atoms with Gasteiger partial charge < -0.3 is 4.74 Å². The van der Waals surface area contributed by atoms with Gasteiger partial charge in [-0.3, -0.25) is 9.58 Å². The topological polar surface area (TPSA) is 61.0 Å². The predicted molar refractivity (Wildman–Crippen MR) is 134 cm³/mol. The molecule has 3 aliphatic rings. The molecule has 6 heterocycles. The number of allylic oxidation sites excluding steroid dienone is 1. The van der Waals surface area contributed by atoms with Gasteiger partial charge in [0.2, 0.25) is 0 Å². The molecule has 2 saturated heterocycles. The number of aryl methyl sites for hydroxylation is 1. The van der Waals surface area contributed by atoms with Crippen molar-refractivity contribution in [3.05, 3.63) is 70.2 Å². The summed E-state index contributed by atoms with van der Waals surface area (Å²) in [6.07, 6.45) is 10.4. The molecule has 2 fully saturated rings. The number of nitrogens with zero attached hydrogens (tertiary/aromatic N) is 6. The van der Waals surface area contributed by atoms with E-state index in [9.17, 15) is 8.78 Å². The van der Waals surface area contributed by atoms with E-state index in [1.54, 1.807) is 12.4 Å². The molecule has 36 heavy (non-hydrogen) atoms. The zero-order chi connectivity index (χ0) is 24.9. The summed E-state index contributed by atoms with van der Waals surface area (Å²) in [5.41, 5.74) is 2.53. The molecule has 0 amide bonds. The number of rotatable bonds is 5. The van der Waals surface area contributed by atoms with E-state index in [-0.39, 0.29) is 5.25 Å². The van der Waals surface area contributed by atoms with Crippen molar-refractivity contribution in [1.82, 2.24) is 29.4 Å². The van der Waals surface area contributed by atoms with E-state index in [1.165, 1.54) is 17.8 Å². The van der Waals surface area contributed by atoms with Crippen LogP contribution >= 0.6 is 23.4 Å². The number of hydrogen-bond acceptors (Lipinski definition) is 6.